The molecule has 0 atom stereocenters. The highest BCUT2D eigenvalue weighted by atomic mass is 16.5. The summed E-state index contributed by atoms with van der Waals surface area (Å²) in [7, 11) is 2.99. The maximum atomic E-state index is 11.8. The highest BCUT2D eigenvalue weighted by Crippen LogP contribution is 2.35. The van der Waals surface area contributed by atoms with Gasteiger partial charge >= 0.3 is 5.97 Å². The molecule has 0 bridgehead atoms. The number of rotatable bonds is 5. The Bertz CT molecular complexity index is 669. The molecule has 0 aliphatic rings. The van der Waals surface area contributed by atoms with E-state index in [4.69, 9.17) is 14.2 Å². The van der Waals surface area contributed by atoms with Gasteiger partial charge in [0.05, 0.1) is 32.7 Å². The molecule has 2 N–H and O–H groups in total. The molecule has 1 aromatic heterocycles. The zero-order valence-corrected chi connectivity index (χ0v) is 12.5. The van der Waals surface area contributed by atoms with Crippen molar-refractivity contribution in [1.29, 1.82) is 0 Å². The molecule has 2 rings (SSSR count). The van der Waals surface area contributed by atoms with Crippen LogP contribution in [0.25, 0.3) is 5.69 Å². The summed E-state index contributed by atoms with van der Waals surface area (Å²) in [6.07, 6.45) is 1.22. The van der Waals surface area contributed by atoms with E-state index in [0.717, 1.165) is 0 Å². The number of carbonyl (C=O) groups is 1. The summed E-state index contributed by atoms with van der Waals surface area (Å²) >= 11 is 0. The number of aromatic nitrogens is 1. The Balaban J connectivity index is 2.54. The van der Waals surface area contributed by atoms with Gasteiger partial charge in [0.1, 0.15) is 11.5 Å². The molecule has 7 nitrogen and oxygen atoms in total. The molecule has 1 aromatic carbocycles. The van der Waals surface area contributed by atoms with Crippen LogP contribution in [0.5, 0.6) is 23.1 Å². The zero-order chi connectivity index (χ0) is 16.3. The third-order valence-electron chi connectivity index (χ3n) is 3.05. The van der Waals surface area contributed by atoms with Gasteiger partial charge < -0.3 is 24.4 Å². The lowest BCUT2D eigenvalue weighted by Gasteiger charge is -2.10. The van der Waals surface area contributed by atoms with E-state index in [1.54, 1.807) is 25.1 Å². The molecule has 0 amide bonds. The Hall–Kier alpha value is -2.83. The molecule has 0 saturated carbocycles. The maximum absolute atomic E-state index is 11.8. The number of hydrogen-bond donors (Lipinski definition) is 2. The van der Waals surface area contributed by atoms with Gasteiger partial charge in [-0.15, -0.1) is 0 Å². The van der Waals surface area contributed by atoms with Crippen molar-refractivity contribution < 1.29 is 29.2 Å². The van der Waals surface area contributed by atoms with Crippen molar-refractivity contribution in [2.24, 2.45) is 0 Å². The summed E-state index contributed by atoms with van der Waals surface area (Å²) in [6.45, 7) is 1.77. The van der Waals surface area contributed by atoms with Crippen molar-refractivity contribution >= 4 is 5.97 Å². The van der Waals surface area contributed by atoms with Gasteiger partial charge in [0, 0.05) is 18.2 Å². The fourth-order valence-corrected chi connectivity index (χ4v) is 2.01. The molecule has 1 heterocycles. The van der Waals surface area contributed by atoms with Gasteiger partial charge in [-0.05, 0) is 6.92 Å². The predicted octanol–water partition coefficient (Wildman–Crippen LogP) is 2.08. The van der Waals surface area contributed by atoms with E-state index in [9.17, 15) is 15.0 Å². The third kappa shape index (κ3) is 2.78. The second-order valence-corrected chi connectivity index (χ2v) is 4.37. The minimum absolute atomic E-state index is 0.135. The Kier molecular flexibility index (Phi) is 4.45. The van der Waals surface area contributed by atoms with Crippen LogP contribution in [0.15, 0.2) is 24.4 Å². The number of esters is 1. The van der Waals surface area contributed by atoms with E-state index in [1.165, 1.54) is 25.0 Å². The first kappa shape index (κ1) is 15.6. The Morgan fingerprint density at radius 2 is 1.73 bits per heavy atom. The van der Waals surface area contributed by atoms with Gasteiger partial charge in [0.2, 0.25) is 5.88 Å². The number of carbonyl (C=O) groups excluding carboxylic acids is 1. The Morgan fingerprint density at radius 1 is 1.14 bits per heavy atom. The molecule has 0 radical (unpaired) electrons. The lowest BCUT2D eigenvalue weighted by Crippen LogP contribution is -2.04. The number of ether oxygens (including phenoxy) is 3. The van der Waals surface area contributed by atoms with E-state index < -0.39 is 11.8 Å². The van der Waals surface area contributed by atoms with Gasteiger partial charge in [0.15, 0.2) is 11.3 Å². The lowest BCUT2D eigenvalue weighted by atomic mass is 10.2. The first-order valence-corrected chi connectivity index (χ1v) is 6.55. The molecule has 2 aromatic rings. The van der Waals surface area contributed by atoms with E-state index in [2.05, 4.69) is 0 Å². The molecule has 7 heteroatoms. The van der Waals surface area contributed by atoms with Gasteiger partial charge in [-0.3, -0.25) is 4.57 Å². The number of aromatic hydroxyl groups is 2. The van der Waals surface area contributed by atoms with Gasteiger partial charge in [-0.25, -0.2) is 4.79 Å². The lowest BCUT2D eigenvalue weighted by molar-refractivity contribution is 0.0520. The average Bonchev–Trinajstić information content (AvgIpc) is 2.81. The molecule has 22 heavy (non-hydrogen) atoms. The summed E-state index contributed by atoms with van der Waals surface area (Å²) < 4.78 is 16.4. The number of benzene rings is 1. The van der Waals surface area contributed by atoms with Gasteiger partial charge in [-0.2, -0.15) is 0 Å². The van der Waals surface area contributed by atoms with Crippen LogP contribution in [-0.4, -0.2) is 41.6 Å². The molecular weight excluding hydrogens is 290 g/mol. The standard InChI is InChI=1S/C15H17NO6/c1-4-22-15(19)13-12(17)8-16(14(13)18)9-5-10(20-2)7-11(6-9)21-3/h5-8,17-18H,4H2,1-3H3. The predicted molar refractivity (Wildman–Crippen MR) is 78.2 cm³/mol. The van der Waals surface area contributed by atoms with Crippen LogP contribution in [-0.2, 0) is 4.74 Å². The average molecular weight is 307 g/mol. The minimum Gasteiger partial charge on any atom is -0.505 e. The molecule has 0 aliphatic heterocycles. The van der Waals surface area contributed by atoms with Crippen LogP contribution < -0.4 is 9.47 Å². The van der Waals surface area contributed by atoms with Crippen LogP contribution in [0.4, 0.5) is 0 Å². The summed E-state index contributed by atoms with van der Waals surface area (Å²) in [5.74, 6) is -0.602. The van der Waals surface area contributed by atoms with Crippen molar-refractivity contribution in [1.82, 2.24) is 4.57 Å². The molecular formula is C15H17NO6. The summed E-state index contributed by atoms with van der Waals surface area (Å²) in [5.41, 5.74) is 0.170. The second-order valence-electron chi connectivity index (χ2n) is 4.37. The zero-order valence-electron chi connectivity index (χ0n) is 12.5. The van der Waals surface area contributed by atoms with E-state index in [1.807, 2.05) is 0 Å². The highest BCUT2D eigenvalue weighted by molar-refractivity contribution is 5.95. The van der Waals surface area contributed by atoms with Crippen molar-refractivity contribution in [3.63, 3.8) is 0 Å². The van der Waals surface area contributed by atoms with Crippen LogP contribution >= 0.6 is 0 Å². The van der Waals surface area contributed by atoms with Gasteiger partial charge in [0.25, 0.3) is 0 Å². The number of nitrogens with zero attached hydrogens (tertiary/aromatic N) is 1. The topological polar surface area (TPSA) is 90.2 Å². The van der Waals surface area contributed by atoms with Gasteiger partial charge in [-0.1, -0.05) is 0 Å². The molecule has 0 saturated heterocycles. The number of methoxy groups -OCH3 is 2. The van der Waals surface area contributed by atoms with Crippen molar-refractivity contribution in [2.75, 3.05) is 20.8 Å². The largest absolute Gasteiger partial charge is 0.505 e. The summed E-state index contributed by atoms with van der Waals surface area (Å²) in [4.78, 5) is 11.8. The second kappa shape index (κ2) is 6.30. The van der Waals surface area contributed by atoms with Crippen molar-refractivity contribution in [3.8, 4) is 28.8 Å². The Morgan fingerprint density at radius 3 is 2.23 bits per heavy atom. The van der Waals surface area contributed by atoms with Crippen molar-refractivity contribution in [2.45, 2.75) is 6.92 Å². The molecule has 0 fully saturated rings. The molecule has 0 spiro atoms. The minimum atomic E-state index is -0.800. The normalized spacial score (nSPS) is 10.3. The van der Waals surface area contributed by atoms with E-state index in [0.29, 0.717) is 17.2 Å². The monoisotopic (exact) mass is 307 g/mol. The highest BCUT2D eigenvalue weighted by Gasteiger charge is 2.24. The maximum Gasteiger partial charge on any atom is 0.347 e. The van der Waals surface area contributed by atoms with Crippen LogP contribution in [0, 0.1) is 0 Å². The SMILES string of the molecule is CCOC(=O)c1c(O)cn(-c2cc(OC)cc(OC)c2)c1O. The quantitative estimate of drug-likeness (QED) is 0.822. The first-order chi connectivity index (χ1) is 10.5. The molecule has 118 valence electrons. The first-order valence-electron chi connectivity index (χ1n) is 6.55. The van der Waals surface area contributed by atoms with Crippen LogP contribution in [0.1, 0.15) is 17.3 Å². The fraction of sp³-hybridized carbons (Fsp3) is 0.267. The van der Waals surface area contributed by atoms with Crippen LogP contribution in [0.2, 0.25) is 0 Å². The van der Waals surface area contributed by atoms with Crippen LogP contribution in [0.3, 0.4) is 0 Å². The van der Waals surface area contributed by atoms with Crippen molar-refractivity contribution in [3.05, 3.63) is 30.0 Å². The van der Waals surface area contributed by atoms with E-state index in [-0.39, 0.29) is 17.9 Å². The summed E-state index contributed by atoms with van der Waals surface area (Å²) in [5, 5.41) is 20.1. The third-order valence-corrected chi connectivity index (χ3v) is 3.05. The Labute approximate surface area is 127 Å². The fourth-order valence-electron chi connectivity index (χ4n) is 2.01. The summed E-state index contributed by atoms with van der Waals surface area (Å²) in [6, 6.07) is 4.91. The molecule has 0 aliphatic carbocycles. The number of hydrogen-bond acceptors (Lipinski definition) is 6. The van der Waals surface area contributed by atoms with E-state index >= 15 is 0 Å². The smallest absolute Gasteiger partial charge is 0.347 e. The molecule has 0 unspecified atom stereocenters.